The van der Waals surface area contributed by atoms with Crippen LogP contribution in [0.4, 0.5) is 10.1 Å². The maximum Gasteiger partial charge on any atom is 0.227 e. The number of benzene rings is 1. The molecule has 1 aromatic carbocycles. The standard InChI is InChI=1S/C21H17FN2O3S2/c22-14-3-5-15(6-4-14)24-12-13(10-19(24)25)21(27)23-11-16-7-8-18(29-16)20(26)17-2-1-9-28-17/h1-9,13H,10-12H2,(H,23,27)/t13-/m0/s1. The predicted molar refractivity (Wildman–Crippen MR) is 111 cm³/mol. The molecule has 0 saturated carbocycles. The molecule has 1 aliphatic rings. The first-order valence-electron chi connectivity index (χ1n) is 9.02. The summed E-state index contributed by atoms with van der Waals surface area (Å²) in [6, 6.07) is 12.9. The van der Waals surface area contributed by atoms with E-state index in [1.54, 1.807) is 12.1 Å². The first kappa shape index (κ1) is 19.5. The van der Waals surface area contributed by atoms with Crippen molar-refractivity contribution in [3.63, 3.8) is 0 Å². The fraction of sp³-hybridized carbons (Fsp3) is 0.190. The zero-order chi connectivity index (χ0) is 20.4. The van der Waals surface area contributed by atoms with Crippen LogP contribution in [0.1, 0.15) is 25.8 Å². The van der Waals surface area contributed by atoms with Crippen LogP contribution in [0.3, 0.4) is 0 Å². The molecule has 1 atom stereocenters. The quantitative estimate of drug-likeness (QED) is 0.607. The molecule has 1 N–H and O–H groups in total. The summed E-state index contributed by atoms with van der Waals surface area (Å²) in [5.41, 5.74) is 0.585. The molecule has 8 heteroatoms. The van der Waals surface area contributed by atoms with Crippen LogP contribution < -0.4 is 10.2 Å². The Balaban J connectivity index is 1.34. The van der Waals surface area contributed by atoms with Gasteiger partial charge >= 0.3 is 0 Å². The predicted octanol–water partition coefficient (Wildman–Crippen LogP) is 3.85. The molecule has 148 valence electrons. The summed E-state index contributed by atoms with van der Waals surface area (Å²) in [4.78, 5) is 40.8. The van der Waals surface area contributed by atoms with Crippen LogP contribution >= 0.6 is 22.7 Å². The smallest absolute Gasteiger partial charge is 0.227 e. The van der Waals surface area contributed by atoms with Gasteiger partial charge in [-0.2, -0.15) is 0 Å². The molecule has 1 aliphatic heterocycles. The lowest BCUT2D eigenvalue weighted by atomic mass is 10.1. The Hall–Kier alpha value is -2.84. The molecule has 0 bridgehead atoms. The first-order chi connectivity index (χ1) is 14.0. The highest BCUT2D eigenvalue weighted by Gasteiger charge is 2.35. The zero-order valence-electron chi connectivity index (χ0n) is 15.3. The normalized spacial score (nSPS) is 16.2. The zero-order valence-corrected chi connectivity index (χ0v) is 16.9. The molecule has 29 heavy (non-hydrogen) atoms. The second kappa shape index (κ2) is 8.26. The lowest BCUT2D eigenvalue weighted by Gasteiger charge is -2.16. The molecule has 2 aromatic heterocycles. The highest BCUT2D eigenvalue weighted by molar-refractivity contribution is 7.16. The van der Waals surface area contributed by atoms with Crippen LogP contribution in [-0.2, 0) is 16.1 Å². The maximum absolute atomic E-state index is 13.1. The van der Waals surface area contributed by atoms with Crippen molar-refractivity contribution < 1.29 is 18.8 Å². The lowest BCUT2D eigenvalue weighted by Crippen LogP contribution is -2.32. The molecule has 2 amide bonds. The van der Waals surface area contributed by atoms with Crippen molar-refractivity contribution in [3.05, 3.63) is 74.4 Å². The Morgan fingerprint density at radius 3 is 2.62 bits per heavy atom. The molecule has 4 rings (SSSR count). The summed E-state index contributed by atoms with van der Waals surface area (Å²) < 4.78 is 13.1. The van der Waals surface area contributed by atoms with Crippen LogP contribution in [0.5, 0.6) is 0 Å². The van der Waals surface area contributed by atoms with Crippen LogP contribution in [0, 0.1) is 11.7 Å². The summed E-state index contributed by atoms with van der Waals surface area (Å²) in [6.45, 7) is 0.575. The number of anilines is 1. The van der Waals surface area contributed by atoms with E-state index in [1.165, 1.54) is 51.8 Å². The van der Waals surface area contributed by atoms with Crippen molar-refractivity contribution >= 4 is 46.0 Å². The van der Waals surface area contributed by atoms with Crippen molar-refractivity contribution in [1.82, 2.24) is 5.32 Å². The van der Waals surface area contributed by atoms with Gasteiger partial charge in [-0.15, -0.1) is 22.7 Å². The largest absolute Gasteiger partial charge is 0.351 e. The van der Waals surface area contributed by atoms with Crippen LogP contribution in [0.15, 0.2) is 53.9 Å². The molecule has 0 aliphatic carbocycles. The fourth-order valence-corrected chi connectivity index (χ4v) is 4.84. The number of nitrogens with one attached hydrogen (secondary N) is 1. The Kier molecular flexibility index (Phi) is 5.55. The number of ketones is 1. The third-order valence-electron chi connectivity index (χ3n) is 4.70. The minimum atomic E-state index is -0.459. The van der Waals surface area contributed by atoms with Gasteiger partial charge in [-0.05, 0) is 47.8 Å². The third kappa shape index (κ3) is 4.28. The van der Waals surface area contributed by atoms with Crippen LogP contribution in [-0.4, -0.2) is 24.1 Å². The van der Waals surface area contributed by atoms with Crippen molar-refractivity contribution in [2.45, 2.75) is 13.0 Å². The average Bonchev–Trinajstić information content (AvgIpc) is 3.47. The Morgan fingerprint density at radius 1 is 1.10 bits per heavy atom. The van der Waals surface area contributed by atoms with Crippen molar-refractivity contribution in [2.75, 3.05) is 11.4 Å². The number of amides is 2. The molecule has 3 heterocycles. The number of halogens is 1. The van der Waals surface area contributed by atoms with Crippen molar-refractivity contribution in [2.24, 2.45) is 5.92 Å². The molecule has 0 spiro atoms. The van der Waals surface area contributed by atoms with Crippen LogP contribution in [0.2, 0.25) is 0 Å². The minimum absolute atomic E-state index is 0.0149. The Labute approximate surface area is 174 Å². The van der Waals surface area contributed by atoms with Gasteiger partial charge in [-0.25, -0.2) is 4.39 Å². The summed E-state index contributed by atoms with van der Waals surface area (Å²) in [5, 5.41) is 4.71. The van der Waals surface area contributed by atoms with Crippen molar-refractivity contribution in [1.29, 1.82) is 0 Å². The molecule has 3 aromatic rings. The van der Waals surface area contributed by atoms with E-state index < -0.39 is 5.92 Å². The van der Waals surface area contributed by atoms with E-state index in [1.807, 2.05) is 17.5 Å². The van der Waals surface area contributed by atoms with E-state index in [0.29, 0.717) is 22.0 Å². The van der Waals surface area contributed by atoms with Gasteiger partial charge in [0.05, 0.1) is 22.2 Å². The van der Waals surface area contributed by atoms with E-state index in [4.69, 9.17) is 0 Å². The number of nitrogens with zero attached hydrogens (tertiary/aromatic N) is 1. The molecule has 0 unspecified atom stereocenters. The number of hydrogen-bond acceptors (Lipinski definition) is 5. The van der Waals surface area contributed by atoms with Crippen LogP contribution in [0.25, 0.3) is 0 Å². The van der Waals surface area contributed by atoms with Crippen molar-refractivity contribution in [3.8, 4) is 0 Å². The van der Waals surface area contributed by atoms with Gasteiger partial charge in [0.1, 0.15) is 5.82 Å². The molecular formula is C21H17FN2O3S2. The molecule has 1 fully saturated rings. The molecular weight excluding hydrogens is 411 g/mol. The second-order valence-electron chi connectivity index (χ2n) is 6.67. The number of hydrogen-bond donors (Lipinski definition) is 1. The van der Waals surface area contributed by atoms with Gasteiger partial charge in [0.25, 0.3) is 0 Å². The monoisotopic (exact) mass is 428 g/mol. The average molecular weight is 429 g/mol. The summed E-state index contributed by atoms with van der Waals surface area (Å²) in [6.07, 6.45) is 0.121. The Bertz CT molecular complexity index is 1040. The van der Waals surface area contributed by atoms with Gasteiger partial charge in [0, 0.05) is 23.5 Å². The summed E-state index contributed by atoms with van der Waals surface area (Å²) in [5.74, 6) is -1.21. The topological polar surface area (TPSA) is 66.5 Å². The highest BCUT2D eigenvalue weighted by Crippen LogP contribution is 2.26. The number of rotatable bonds is 6. The third-order valence-corrected chi connectivity index (χ3v) is 6.65. The van der Waals surface area contributed by atoms with Gasteiger partial charge < -0.3 is 10.2 Å². The molecule has 0 radical (unpaired) electrons. The van der Waals surface area contributed by atoms with Gasteiger partial charge in [-0.3, -0.25) is 14.4 Å². The minimum Gasteiger partial charge on any atom is -0.351 e. The van der Waals surface area contributed by atoms with Gasteiger partial charge in [0.2, 0.25) is 17.6 Å². The maximum atomic E-state index is 13.1. The molecule has 5 nitrogen and oxygen atoms in total. The van der Waals surface area contributed by atoms with E-state index >= 15 is 0 Å². The van der Waals surface area contributed by atoms with E-state index in [-0.39, 0.29) is 36.4 Å². The van der Waals surface area contributed by atoms with E-state index in [2.05, 4.69) is 5.32 Å². The number of carbonyl (C=O) groups is 3. The highest BCUT2D eigenvalue weighted by atomic mass is 32.1. The van der Waals surface area contributed by atoms with E-state index in [0.717, 1.165) is 4.88 Å². The molecule has 1 saturated heterocycles. The first-order valence-corrected chi connectivity index (χ1v) is 10.7. The van der Waals surface area contributed by atoms with Gasteiger partial charge in [0.15, 0.2) is 0 Å². The van der Waals surface area contributed by atoms with Gasteiger partial charge in [-0.1, -0.05) is 6.07 Å². The Morgan fingerprint density at radius 2 is 1.90 bits per heavy atom. The number of carbonyl (C=O) groups excluding carboxylic acids is 3. The second-order valence-corrected chi connectivity index (χ2v) is 8.79. The fourth-order valence-electron chi connectivity index (χ4n) is 3.20. The lowest BCUT2D eigenvalue weighted by molar-refractivity contribution is -0.126. The summed E-state index contributed by atoms with van der Waals surface area (Å²) in [7, 11) is 0. The SMILES string of the molecule is O=C(c1cccs1)c1ccc(CNC(=O)[C@H]2CC(=O)N(c3ccc(F)cc3)C2)s1. The number of thiophene rings is 2. The summed E-state index contributed by atoms with van der Waals surface area (Å²) >= 11 is 2.75. The van der Waals surface area contributed by atoms with E-state index in [9.17, 15) is 18.8 Å².